The van der Waals surface area contributed by atoms with Gasteiger partial charge in [-0.15, -0.1) is 0 Å². The van der Waals surface area contributed by atoms with Gasteiger partial charge in [-0.05, 0) is 48.0 Å². The summed E-state index contributed by atoms with van der Waals surface area (Å²) in [6.45, 7) is 0.925. The fraction of sp³-hybridized carbons (Fsp3) is 0.471. The maximum absolute atomic E-state index is 9.57. The molecule has 3 atom stereocenters. The van der Waals surface area contributed by atoms with Crippen LogP contribution in [-0.2, 0) is 6.42 Å². The van der Waals surface area contributed by atoms with E-state index >= 15 is 0 Å². The lowest BCUT2D eigenvalue weighted by Crippen LogP contribution is -2.48. The van der Waals surface area contributed by atoms with Crippen LogP contribution in [0.15, 0.2) is 24.4 Å². The second-order valence-electron chi connectivity index (χ2n) is 6.27. The molecule has 2 heterocycles. The summed E-state index contributed by atoms with van der Waals surface area (Å²) in [6, 6.07) is 6.93. The first-order chi connectivity index (χ1) is 10.3. The van der Waals surface area contributed by atoms with Gasteiger partial charge in [-0.1, -0.05) is 12.1 Å². The molecule has 1 aliphatic carbocycles. The Morgan fingerprint density at radius 1 is 1.48 bits per heavy atom. The molecule has 0 amide bonds. The van der Waals surface area contributed by atoms with Crippen LogP contribution in [0.2, 0.25) is 0 Å². The fourth-order valence-corrected chi connectivity index (χ4v) is 4.97. The van der Waals surface area contributed by atoms with Gasteiger partial charge in [-0.2, -0.15) is 17.0 Å². The topological polar surface area (TPSA) is 42.8 Å². The van der Waals surface area contributed by atoms with Gasteiger partial charge in [0.25, 0.3) is 0 Å². The van der Waals surface area contributed by atoms with Gasteiger partial charge in [0, 0.05) is 29.6 Å². The zero-order chi connectivity index (χ0) is 14.4. The number of rotatable bonds is 2. The van der Waals surface area contributed by atoms with Gasteiger partial charge in [0.05, 0.1) is 6.04 Å². The van der Waals surface area contributed by atoms with E-state index in [4.69, 9.17) is 0 Å². The number of fused-ring (bicyclic) bond motifs is 2. The van der Waals surface area contributed by atoms with Crippen molar-refractivity contribution in [3.05, 3.63) is 35.5 Å². The minimum Gasteiger partial charge on any atom is -0.361 e. The molecule has 1 aromatic carbocycles. The number of nitrogens with one attached hydrogen (secondary N) is 1. The van der Waals surface area contributed by atoms with E-state index in [0.717, 1.165) is 18.7 Å². The fourth-order valence-electron chi connectivity index (χ4n) is 4.26. The van der Waals surface area contributed by atoms with Crippen LogP contribution in [0.25, 0.3) is 10.9 Å². The van der Waals surface area contributed by atoms with Crippen LogP contribution in [0.5, 0.6) is 0 Å². The van der Waals surface area contributed by atoms with E-state index in [-0.39, 0.29) is 0 Å². The zero-order valence-corrected chi connectivity index (χ0v) is 13.0. The third-order valence-electron chi connectivity index (χ3n) is 5.09. The Labute approximate surface area is 129 Å². The van der Waals surface area contributed by atoms with E-state index < -0.39 is 0 Å². The van der Waals surface area contributed by atoms with Crippen LogP contribution in [-0.4, -0.2) is 34.5 Å². The molecular formula is C17H19N3S. The summed E-state index contributed by atoms with van der Waals surface area (Å²) in [5.41, 5.74) is 4.08. The summed E-state index contributed by atoms with van der Waals surface area (Å²) in [4.78, 5) is 5.44. The summed E-state index contributed by atoms with van der Waals surface area (Å²) >= 11 is 1.90. The van der Waals surface area contributed by atoms with E-state index in [1.165, 1.54) is 28.5 Å². The highest BCUT2D eigenvalue weighted by Gasteiger charge is 2.40. The first kappa shape index (κ1) is 13.1. The first-order valence-electron chi connectivity index (χ1n) is 7.56. The lowest BCUT2D eigenvalue weighted by Gasteiger charge is -2.44. The molecule has 0 spiro atoms. The smallest absolute Gasteiger partial charge is 0.179 e. The quantitative estimate of drug-likeness (QED) is 0.865. The molecule has 1 fully saturated rings. The largest absolute Gasteiger partial charge is 0.361 e. The van der Waals surface area contributed by atoms with Crippen molar-refractivity contribution in [1.29, 1.82) is 5.26 Å². The Morgan fingerprint density at radius 2 is 2.38 bits per heavy atom. The Balaban J connectivity index is 1.80. The molecule has 1 aliphatic heterocycles. The van der Waals surface area contributed by atoms with Crippen molar-refractivity contribution in [2.45, 2.75) is 24.8 Å². The molecule has 0 bridgehead atoms. The standard InChI is InChI=1S/C17H19N3S/c1-21-9-11-5-14-13-3-2-4-15-17(13)12(7-19-15)6-16(14)20(8-11)10-18/h2-4,7,11,14,16,19H,5-6,8-9H2,1H3/t11-,14+,16-/m1/s1. The highest BCUT2D eigenvalue weighted by Crippen LogP contribution is 2.44. The average molecular weight is 297 g/mol. The molecule has 0 radical (unpaired) electrons. The van der Waals surface area contributed by atoms with Crippen LogP contribution < -0.4 is 0 Å². The van der Waals surface area contributed by atoms with Gasteiger partial charge in [-0.25, -0.2) is 0 Å². The summed E-state index contributed by atoms with van der Waals surface area (Å²) in [6.07, 6.45) is 8.97. The second kappa shape index (κ2) is 4.99. The molecule has 2 aromatic rings. The molecule has 1 saturated heterocycles. The van der Waals surface area contributed by atoms with Crippen LogP contribution in [0, 0.1) is 17.4 Å². The predicted molar refractivity (Wildman–Crippen MR) is 87.3 cm³/mol. The average Bonchev–Trinajstić information content (AvgIpc) is 2.92. The van der Waals surface area contributed by atoms with Gasteiger partial charge in [0.1, 0.15) is 0 Å². The van der Waals surface area contributed by atoms with Crippen LogP contribution in [0.1, 0.15) is 23.5 Å². The minimum absolute atomic E-state index is 0.349. The van der Waals surface area contributed by atoms with Crippen molar-refractivity contribution in [2.24, 2.45) is 5.92 Å². The summed E-state index contributed by atoms with van der Waals surface area (Å²) in [5, 5.41) is 11.0. The van der Waals surface area contributed by atoms with E-state index in [1.807, 2.05) is 16.7 Å². The van der Waals surface area contributed by atoms with Crippen molar-refractivity contribution >= 4 is 22.7 Å². The van der Waals surface area contributed by atoms with E-state index in [0.29, 0.717) is 17.9 Å². The van der Waals surface area contributed by atoms with Crippen molar-refractivity contribution < 1.29 is 0 Å². The van der Waals surface area contributed by atoms with E-state index in [2.05, 4.69) is 41.8 Å². The van der Waals surface area contributed by atoms with Crippen molar-refractivity contribution in [3.8, 4) is 6.19 Å². The number of hydrogen-bond acceptors (Lipinski definition) is 3. The highest BCUT2D eigenvalue weighted by atomic mass is 32.2. The number of hydrogen-bond donors (Lipinski definition) is 1. The van der Waals surface area contributed by atoms with Gasteiger partial charge >= 0.3 is 0 Å². The van der Waals surface area contributed by atoms with E-state index in [1.54, 1.807) is 0 Å². The molecule has 21 heavy (non-hydrogen) atoms. The number of H-pyrrole nitrogens is 1. The molecular weight excluding hydrogens is 278 g/mol. The number of aromatic nitrogens is 1. The molecule has 108 valence electrons. The molecule has 4 heteroatoms. The third kappa shape index (κ3) is 1.95. The molecule has 2 aliphatic rings. The lowest BCUT2D eigenvalue weighted by molar-refractivity contribution is 0.151. The third-order valence-corrected chi connectivity index (χ3v) is 5.89. The number of nitriles is 1. The van der Waals surface area contributed by atoms with Crippen LogP contribution in [0.4, 0.5) is 0 Å². The monoisotopic (exact) mass is 297 g/mol. The number of likely N-dealkylation sites (tertiary alicyclic amines) is 1. The van der Waals surface area contributed by atoms with Crippen molar-refractivity contribution in [1.82, 2.24) is 9.88 Å². The Bertz CT molecular complexity index is 714. The van der Waals surface area contributed by atoms with Crippen LogP contribution in [0.3, 0.4) is 0 Å². The first-order valence-corrected chi connectivity index (χ1v) is 8.95. The van der Waals surface area contributed by atoms with Gasteiger partial charge in [0.15, 0.2) is 6.19 Å². The van der Waals surface area contributed by atoms with Gasteiger partial charge < -0.3 is 9.88 Å². The number of nitrogens with zero attached hydrogens (tertiary/aromatic N) is 2. The molecule has 1 N–H and O–H groups in total. The minimum atomic E-state index is 0.349. The van der Waals surface area contributed by atoms with E-state index in [9.17, 15) is 5.26 Å². The Hall–Kier alpha value is -1.60. The SMILES string of the molecule is CSC[C@@H]1C[C@H]2c3cccc4[nH]cc(c34)C[C@H]2N(C#N)C1. The highest BCUT2D eigenvalue weighted by molar-refractivity contribution is 7.98. The summed E-state index contributed by atoms with van der Waals surface area (Å²) in [7, 11) is 0. The Morgan fingerprint density at radius 3 is 3.19 bits per heavy atom. The summed E-state index contributed by atoms with van der Waals surface area (Å²) in [5.74, 6) is 2.27. The maximum atomic E-state index is 9.57. The predicted octanol–water partition coefficient (Wildman–Crippen LogP) is 3.34. The summed E-state index contributed by atoms with van der Waals surface area (Å²) < 4.78 is 0. The molecule has 0 saturated carbocycles. The maximum Gasteiger partial charge on any atom is 0.179 e. The molecule has 1 aromatic heterocycles. The number of piperidine rings is 1. The lowest BCUT2D eigenvalue weighted by atomic mass is 9.73. The van der Waals surface area contributed by atoms with Crippen molar-refractivity contribution in [3.63, 3.8) is 0 Å². The normalized spacial score (nSPS) is 27.4. The van der Waals surface area contributed by atoms with Gasteiger partial charge in [-0.3, -0.25) is 0 Å². The number of benzene rings is 1. The number of thioether (sulfide) groups is 1. The number of aromatic amines is 1. The Kier molecular flexibility index (Phi) is 3.11. The van der Waals surface area contributed by atoms with Gasteiger partial charge in [0.2, 0.25) is 0 Å². The second-order valence-corrected chi connectivity index (χ2v) is 7.18. The molecule has 3 nitrogen and oxygen atoms in total. The molecule has 0 unspecified atom stereocenters. The molecule has 4 rings (SSSR count). The van der Waals surface area contributed by atoms with Crippen molar-refractivity contribution in [2.75, 3.05) is 18.6 Å². The zero-order valence-electron chi connectivity index (χ0n) is 12.2. The van der Waals surface area contributed by atoms with Crippen LogP contribution >= 0.6 is 11.8 Å².